The summed E-state index contributed by atoms with van der Waals surface area (Å²) in [5, 5.41) is 0. The third-order valence-corrected chi connectivity index (χ3v) is 0.870. The Morgan fingerprint density at radius 2 is 2.50 bits per heavy atom. The van der Waals surface area contributed by atoms with Crippen LogP contribution in [0.4, 0.5) is 0 Å². The molecule has 1 rings (SSSR count). The van der Waals surface area contributed by atoms with E-state index in [0.29, 0.717) is 0 Å². The Hall–Kier alpha value is -0.460. The van der Waals surface area contributed by atoms with Crippen molar-refractivity contribution in [1.82, 2.24) is 4.90 Å². The zero-order valence-electron chi connectivity index (χ0n) is 3.89. The van der Waals surface area contributed by atoms with E-state index in [9.17, 15) is 0 Å². The van der Waals surface area contributed by atoms with Crippen molar-refractivity contribution in [1.29, 1.82) is 0 Å². The molecule has 0 aromatic rings. The normalized spacial score (nSPS) is 19.8. The van der Waals surface area contributed by atoms with Gasteiger partial charge >= 0.3 is 0 Å². The Balaban J connectivity index is 2.38. The molecular weight excluding hydrogens is 74.1 g/mol. The molecule has 0 amide bonds. The largest absolute Gasteiger partial charge is 0.375 e. The summed E-state index contributed by atoms with van der Waals surface area (Å²) in [5.74, 6) is 0. The van der Waals surface area contributed by atoms with Crippen molar-refractivity contribution >= 4 is 0 Å². The average Bonchev–Trinajstić information content (AvgIpc) is 1.86. The van der Waals surface area contributed by atoms with E-state index >= 15 is 0 Å². The summed E-state index contributed by atoms with van der Waals surface area (Å²) in [6.45, 7) is 2.12. The lowest BCUT2D eigenvalue weighted by Crippen LogP contribution is -1.98. The van der Waals surface area contributed by atoms with Gasteiger partial charge in [-0.25, -0.2) is 0 Å². The van der Waals surface area contributed by atoms with Crippen LogP contribution in [0, 0.1) is 6.54 Å². The first-order valence-electron chi connectivity index (χ1n) is 2.11. The standard InChI is InChI=1S/C5H8N/c1-6-4-2-3-5-6/h2,4-5H,3H2,1H3. The number of nitrogens with zero attached hydrogens (tertiary/aromatic N) is 1. The molecule has 1 aliphatic heterocycles. The van der Waals surface area contributed by atoms with Crippen molar-refractivity contribution in [3.05, 3.63) is 18.8 Å². The van der Waals surface area contributed by atoms with Gasteiger partial charge in [-0.1, -0.05) is 6.08 Å². The third-order valence-electron chi connectivity index (χ3n) is 0.870. The molecule has 0 fully saturated rings. The molecule has 0 aromatic carbocycles. The fourth-order valence-electron chi connectivity index (χ4n) is 0.515. The molecule has 1 radical (unpaired) electrons. The van der Waals surface area contributed by atoms with Gasteiger partial charge in [0.05, 0.1) is 6.54 Å². The highest BCUT2D eigenvalue weighted by Crippen LogP contribution is 2.03. The van der Waals surface area contributed by atoms with Gasteiger partial charge in [-0.05, 0) is 12.6 Å². The molecule has 6 heavy (non-hydrogen) atoms. The van der Waals surface area contributed by atoms with Crippen LogP contribution in [0.3, 0.4) is 0 Å². The van der Waals surface area contributed by atoms with Gasteiger partial charge in [-0.2, -0.15) is 0 Å². The summed E-state index contributed by atoms with van der Waals surface area (Å²) in [6, 6.07) is 0. The van der Waals surface area contributed by atoms with Gasteiger partial charge in [-0.3, -0.25) is 0 Å². The third kappa shape index (κ3) is 0.534. The van der Waals surface area contributed by atoms with E-state index in [1.807, 2.05) is 7.05 Å². The summed E-state index contributed by atoms with van der Waals surface area (Å²) < 4.78 is 0. The van der Waals surface area contributed by atoms with Crippen molar-refractivity contribution in [2.75, 3.05) is 7.05 Å². The SMILES string of the molecule is CN1[CH]CC=C1. The van der Waals surface area contributed by atoms with Gasteiger partial charge in [0.1, 0.15) is 0 Å². The second-order valence-electron chi connectivity index (χ2n) is 1.47. The lowest BCUT2D eigenvalue weighted by Gasteiger charge is -2.01. The van der Waals surface area contributed by atoms with Crippen molar-refractivity contribution in [3.63, 3.8) is 0 Å². The molecule has 0 bridgehead atoms. The van der Waals surface area contributed by atoms with Gasteiger partial charge in [0.15, 0.2) is 0 Å². The average molecular weight is 82.1 g/mol. The van der Waals surface area contributed by atoms with E-state index in [0.717, 1.165) is 6.42 Å². The van der Waals surface area contributed by atoms with Crippen molar-refractivity contribution < 1.29 is 0 Å². The summed E-state index contributed by atoms with van der Waals surface area (Å²) >= 11 is 0. The van der Waals surface area contributed by atoms with Crippen LogP contribution in [-0.2, 0) is 0 Å². The predicted molar refractivity (Wildman–Crippen MR) is 25.8 cm³/mol. The zero-order chi connectivity index (χ0) is 4.41. The molecule has 1 nitrogen and oxygen atoms in total. The van der Waals surface area contributed by atoms with E-state index in [1.165, 1.54) is 0 Å². The van der Waals surface area contributed by atoms with Crippen molar-refractivity contribution in [3.8, 4) is 0 Å². The van der Waals surface area contributed by atoms with Gasteiger partial charge < -0.3 is 4.90 Å². The Morgan fingerprint density at radius 3 is 2.67 bits per heavy atom. The molecule has 0 aliphatic carbocycles. The Bertz CT molecular complexity index is 66.3. The first-order chi connectivity index (χ1) is 2.89. The van der Waals surface area contributed by atoms with E-state index in [1.54, 1.807) is 0 Å². The zero-order valence-corrected chi connectivity index (χ0v) is 3.89. The van der Waals surface area contributed by atoms with Crippen molar-refractivity contribution in [2.45, 2.75) is 6.42 Å². The van der Waals surface area contributed by atoms with Crippen LogP contribution >= 0.6 is 0 Å². The van der Waals surface area contributed by atoms with Crippen LogP contribution in [-0.4, -0.2) is 11.9 Å². The first kappa shape index (κ1) is 3.72. The van der Waals surface area contributed by atoms with Crippen LogP contribution in [0.15, 0.2) is 12.3 Å². The van der Waals surface area contributed by atoms with Crippen LogP contribution in [0.2, 0.25) is 0 Å². The monoisotopic (exact) mass is 82.1 g/mol. The molecule has 0 N–H and O–H groups in total. The Labute approximate surface area is 38.3 Å². The summed E-state index contributed by atoms with van der Waals surface area (Å²) in [5.41, 5.74) is 0. The van der Waals surface area contributed by atoms with Gasteiger partial charge in [0.2, 0.25) is 0 Å². The summed E-state index contributed by atoms with van der Waals surface area (Å²) in [7, 11) is 2.03. The highest BCUT2D eigenvalue weighted by molar-refractivity contribution is 4.95. The quantitative estimate of drug-likeness (QED) is 0.421. The van der Waals surface area contributed by atoms with Crippen LogP contribution < -0.4 is 0 Å². The van der Waals surface area contributed by atoms with Gasteiger partial charge in [0.25, 0.3) is 0 Å². The molecule has 0 unspecified atom stereocenters. The highest BCUT2D eigenvalue weighted by Gasteiger charge is 1.93. The van der Waals surface area contributed by atoms with Gasteiger partial charge in [-0.15, -0.1) is 0 Å². The molecule has 0 aromatic heterocycles. The predicted octanol–water partition coefficient (Wildman–Crippen LogP) is 0.997. The molecule has 1 aliphatic rings. The maximum atomic E-state index is 2.12. The maximum Gasteiger partial charge on any atom is 0.0522 e. The lowest BCUT2D eigenvalue weighted by atomic mass is 10.5. The van der Waals surface area contributed by atoms with Gasteiger partial charge in [0, 0.05) is 7.05 Å². The van der Waals surface area contributed by atoms with E-state index < -0.39 is 0 Å². The maximum absolute atomic E-state index is 2.12. The number of rotatable bonds is 0. The fraction of sp³-hybridized carbons (Fsp3) is 0.400. The minimum absolute atomic E-state index is 1.11. The molecule has 0 spiro atoms. The molecule has 0 atom stereocenters. The van der Waals surface area contributed by atoms with E-state index in [-0.39, 0.29) is 0 Å². The number of hydrogen-bond donors (Lipinski definition) is 0. The van der Waals surface area contributed by atoms with Crippen LogP contribution in [0.25, 0.3) is 0 Å². The Morgan fingerprint density at radius 1 is 1.67 bits per heavy atom. The van der Waals surface area contributed by atoms with Crippen molar-refractivity contribution in [2.24, 2.45) is 0 Å². The fourth-order valence-corrected chi connectivity index (χ4v) is 0.515. The molecule has 0 saturated carbocycles. The molecule has 1 heterocycles. The topological polar surface area (TPSA) is 3.24 Å². The molecule has 1 heteroatoms. The highest BCUT2D eigenvalue weighted by atomic mass is 15.1. The smallest absolute Gasteiger partial charge is 0.0522 e. The second-order valence-corrected chi connectivity index (χ2v) is 1.47. The molecular formula is C5H8N. The molecule has 0 saturated heterocycles. The number of hydrogen-bond acceptors (Lipinski definition) is 1. The van der Waals surface area contributed by atoms with E-state index in [4.69, 9.17) is 0 Å². The van der Waals surface area contributed by atoms with Crippen LogP contribution in [0.5, 0.6) is 0 Å². The second kappa shape index (κ2) is 1.33. The van der Waals surface area contributed by atoms with Crippen LogP contribution in [0.1, 0.15) is 6.42 Å². The lowest BCUT2D eigenvalue weighted by molar-refractivity contribution is 0.575. The Kier molecular flexibility index (Phi) is 0.825. The summed E-state index contributed by atoms with van der Waals surface area (Å²) in [4.78, 5) is 2.06. The summed E-state index contributed by atoms with van der Waals surface area (Å²) in [6.07, 6.45) is 5.29. The minimum Gasteiger partial charge on any atom is -0.375 e. The molecule has 33 valence electrons. The minimum atomic E-state index is 1.11. The first-order valence-corrected chi connectivity index (χ1v) is 2.11. The van der Waals surface area contributed by atoms with E-state index in [2.05, 4.69) is 23.7 Å².